The third kappa shape index (κ3) is 29.8. The number of fused-ring (bicyclic) bond motifs is 1. The number of nitrogens with two attached hydrogens (primary N) is 3. The molecule has 2 fully saturated rings. The SMILES string of the molecule is CC[C@H](C)[C@@H]([C@@H](CC(=O)N1CCC[C@H]1C[C@@H](C)C(=O)N[C@H](C)[C@@H](O)c1ccccc1)OC)N(C)C(=O)[C@@H](NC(=O)[C@H](C(C)C)N(C)C(=O)OCc1ccc(NC(=O)[C@H](C)NC(=O)[C@@H](NC(=O)[C@H](CCC(N)=O)NC(=O)CCOCCC(=O)NCCNc2ncc(-c3cc(C)cc(F)c3)c(N3CCC(N)CC3)c2-c2nc3ccc(Cl)cc3[nH]2)C(C)C)cc1C(=O)NCCN)C(C)C. The second-order valence-electron chi connectivity index (χ2n) is 35.3. The van der Waals surface area contributed by atoms with E-state index in [4.69, 9.17) is 53.0 Å². The van der Waals surface area contributed by atoms with E-state index in [9.17, 15) is 62.6 Å². The Morgan fingerprint density at radius 2 is 1.41 bits per heavy atom. The molecule has 0 bridgehead atoms. The molecule has 6 aromatic rings. The lowest BCUT2D eigenvalue weighted by atomic mass is 9.89. The zero-order valence-corrected chi connectivity index (χ0v) is 78.7. The van der Waals surface area contributed by atoms with Crippen molar-refractivity contribution in [1.29, 1.82) is 0 Å². The zero-order chi connectivity index (χ0) is 96.2. The van der Waals surface area contributed by atoms with E-state index < -0.39 is 144 Å². The van der Waals surface area contributed by atoms with Crippen LogP contribution in [0.1, 0.15) is 180 Å². The van der Waals surface area contributed by atoms with Gasteiger partial charge in [0.05, 0.1) is 66.2 Å². The maximum Gasteiger partial charge on any atom is 0.410 e. The summed E-state index contributed by atoms with van der Waals surface area (Å²) in [6.07, 6.45) is 1.92. The molecule has 12 amide bonds. The number of likely N-dealkylation sites (N-methyl/N-ethyl adjacent to an activating group) is 2. The number of anilines is 3. The highest BCUT2D eigenvalue weighted by Gasteiger charge is 2.43. The Bertz CT molecular complexity index is 4900. The molecule has 37 heteroatoms. The molecular weight excluding hydrogens is 1710 g/mol. The van der Waals surface area contributed by atoms with E-state index in [0.717, 1.165) is 35.4 Å². The van der Waals surface area contributed by atoms with Gasteiger partial charge in [-0.05, 0) is 142 Å². The topological polar surface area (TPSA) is 494 Å². The van der Waals surface area contributed by atoms with Crippen molar-refractivity contribution in [2.45, 2.75) is 227 Å². The van der Waals surface area contributed by atoms with E-state index in [0.29, 0.717) is 88.8 Å². The van der Waals surface area contributed by atoms with Crippen molar-refractivity contribution >= 4 is 111 Å². The number of H-pyrrole nitrogens is 1. The van der Waals surface area contributed by atoms with Crippen molar-refractivity contribution in [3.05, 3.63) is 124 Å². The minimum atomic E-state index is -1.36. The summed E-state index contributed by atoms with van der Waals surface area (Å²) in [6.45, 7) is 22.4. The molecule has 12 atom stereocenters. The number of amides is 12. The van der Waals surface area contributed by atoms with E-state index in [1.165, 1.54) is 56.3 Å². The van der Waals surface area contributed by atoms with E-state index in [2.05, 4.69) is 57.7 Å². The molecule has 716 valence electrons. The smallest absolute Gasteiger partial charge is 0.410 e. The van der Waals surface area contributed by atoms with Gasteiger partial charge in [0.2, 0.25) is 59.1 Å². The fourth-order valence-electron chi connectivity index (χ4n) is 16.5. The summed E-state index contributed by atoms with van der Waals surface area (Å²) in [4.78, 5) is 186. The molecule has 4 heterocycles. The van der Waals surface area contributed by atoms with Crippen LogP contribution >= 0.6 is 11.6 Å². The largest absolute Gasteiger partial charge is 0.445 e. The standard InChI is InChI=1S/C94H135ClFN19O16/c1-16-56(9)82(73(129-15)49-77(119)115-38-20-23-67(115)45-57(10)87(121)104-58(11)84(120)60-21-18-17-19-22-60)112(13)93(127)80(53(4)5)111-92(126)81(54(6)7)113(14)94(128)131-51-61-24-26-66(48-68(61)89(123)102-35-34-97)106-88(122)59(12)105-91(125)79(52(2)3)110-90(124)71(28-29-74(99)116)107-76(118)33-42-130-41-32-75(117)100-36-37-101-85-78(86-108-70-27-25-63(95)47-72(70)109-86)83(114-39-30-65(98)31-40-114)69(50-103-85)62-43-55(8)44-64(96)46-62/h17-19,21-22,24-27,43-44,46-48,50,52-54,56-59,65,67,71,73,79-82,84,120H,16,20,23,28-42,45,49,51,97-98H2,1-15H3,(H2,99,116)(H,100,117)(H,101,103)(H,102,123)(H,104,121)(H,105,125)(H,106,122)(H,107,118)(H,108,109)(H,110,124)(H,111,126)/t56-,57+,58+,59-,67-,71-,73+,79-,80-,81-,82-,84+/m0/s1. The first-order chi connectivity index (χ1) is 62.2. The fraction of sp³-hybridized carbons (Fsp3) is 0.553. The van der Waals surface area contributed by atoms with Crippen LogP contribution in [0.3, 0.4) is 0 Å². The first-order valence-electron chi connectivity index (χ1n) is 45.2. The molecule has 2 aliphatic heterocycles. The summed E-state index contributed by atoms with van der Waals surface area (Å²) in [7, 11) is 4.48. The normalized spacial score (nSPS) is 16.0. The molecule has 131 heavy (non-hydrogen) atoms. The Morgan fingerprint density at radius 3 is 2.06 bits per heavy atom. The van der Waals surface area contributed by atoms with Crippen LogP contribution in [-0.4, -0.2) is 247 Å². The molecule has 35 nitrogen and oxygen atoms in total. The van der Waals surface area contributed by atoms with Crippen molar-refractivity contribution in [3.8, 4) is 22.5 Å². The number of carbonyl (C=O) groups excluding carboxylic acids is 12. The number of hydrogen-bond acceptors (Lipinski definition) is 22. The number of rotatable bonds is 48. The summed E-state index contributed by atoms with van der Waals surface area (Å²) >= 11 is 6.40. The van der Waals surface area contributed by atoms with Gasteiger partial charge in [-0.2, -0.15) is 0 Å². The summed E-state index contributed by atoms with van der Waals surface area (Å²) in [5, 5.41) is 36.8. The number of primary amides is 1. The minimum Gasteiger partial charge on any atom is -0.445 e. The molecule has 0 unspecified atom stereocenters. The number of nitrogens with one attached hydrogen (secondary N) is 10. The second kappa shape index (κ2) is 50.3. The Labute approximate surface area is 771 Å². The number of aliphatic hydroxyl groups is 1. The van der Waals surface area contributed by atoms with Gasteiger partial charge < -0.3 is 104 Å². The third-order valence-corrected chi connectivity index (χ3v) is 24.3. The number of piperidine rings is 1. The van der Waals surface area contributed by atoms with E-state index in [-0.39, 0.29) is 124 Å². The molecule has 0 spiro atoms. The average molecular weight is 1840 g/mol. The number of hydrogen-bond donors (Lipinski definition) is 14. The van der Waals surface area contributed by atoms with Crippen LogP contribution in [0.4, 0.5) is 26.4 Å². The summed E-state index contributed by atoms with van der Waals surface area (Å²) in [5.41, 5.74) is 23.3. The quantitative estimate of drug-likeness (QED) is 0.0163. The van der Waals surface area contributed by atoms with Crippen LogP contribution < -0.4 is 70.0 Å². The van der Waals surface area contributed by atoms with Crippen molar-refractivity contribution in [1.82, 2.24) is 66.9 Å². The van der Waals surface area contributed by atoms with Crippen molar-refractivity contribution < 1.29 is 81.2 Å². The number of likely N-dealkylation sites (tertiary alicyclic amines) is 1. The van der Waals surface area contributed by atoms with Crippen molar-refractivity contribution in [2.24, 2.45) is 46.8 Å². The van der Waals surface area contributed by atoms with Crippen LogP contribution in [0.15, 0.2) is 91.1 Å². The monoisotopic (exact) mass is 1840 g/mol. The Kier molecular flexibility index (Phi) is 40.3. The number of nitrogens with zero attached hydrogens (tertiary/aromatic N) is 6. The summed E-state index contributed by atoms with van der Waals surface area (Å²) in [5.74, 6) is -8.10. The number of carbonyl (C=O) groups is 12. The lowest BCUT2D eigenvalue weighted by Gasteiger charge is -2.40. The molecule has 2 aliphatic rings. The lowest BCUT2D eigenvalue weighted by Crippen LogP contribution is -2.60. The Morgan fingerprint density at radius 1 is 0.725 bits per heavy atom. The molecule has 0 radical (unpaired) electrons. The van der Waals surface area contributed by atoms with E-state index >= 15 is 4.39 Å². The third-order valence-electron chi connectivity index (χ3n) is 24.0. The lowest BCUT2D eigenvalue weighted by molar-refractivity contribution is -0.146. The highest BCUT2D eigenvalue weighted by Crippen LogP contribution is 2.44. The molecule has 2 saturated heterocycles. The van der Waals surface area contributed by atoms with Gasteiger partial charge in [-0.25, -0.2) is 19.2 Å². The number of pyridine rings is 1. The molecular formula is C94H135ClFN19O16. The summed E-state index contributed by atoms with van der Waals surface area (Å²) in [6, 6.07) is 15.8. The Hall–Kier alpha value is -11.4. The number of benzene rings is 4. The zero-order valence-electron chi connectivity index (χ0n) is 78.0. The van der Waals surface area contributed by atoms with Gasteiger partial charge in [0.1, 0.15) is 54.3 Å². The van der Waals surface area contributed by atoms with Gasteiger partial charge in [0, 0.05) is 138 Å². The second-order valence-corrected chi connectivity index (χ2v) is 35.7. The van der Waals surface area contributed by atoms with Gasteiger partial charge in [0.25, 0.3) is 5.91 Å². The van der Waals surface area contributed by atoms with Crippen molar-refractivity contribution in [3.63, 3.8) is 0 Å². The molecule has 17 N–H and O–H groups in total. The fourth-order valence-corrected chi connectivity index (χ4v) is 16.7. The van der Waals surface area contributed by atoms with Gasteiger partial charge >= 0.3 is 6.09 Å². The number of aromatic amines is 1. The maximum absolute atomic E-state index is 15.1. The average Bonchev–Trinajstić information content (AvgIpc) is 1.72. The predicted octanol–water partition coefficient (Wildman–Crippen LogP) is 7.64. The number of aliphatic hydroxyl groups excluding tert-OH is 1. The van der Waals surface area contributed by atoms with Crippen LogP contribution in [0.5, 0.6) is 0 Å². The number of aromatic nitrogens is 3. The van der Waals surface area contributed by atoms with Crippen molar-refractivity contribution in [2.75, 3.05) is 95.8 Å². The highest BCUT2D eigenvalue weighted by molar-refractivity contribution is 6.31. The van der Waals surface area contributed by atoms with Crippen LogP contribution in [-0.2, 0) is 68.8 Å². The molecule has 0 aliphatic carbocycles. The number of methoxy groups -OCH3 is 1. The first-order valence-corrected chi connectivity index (χ1v) is 45.6. The van der Waals surface area contributed by atoms with E-state index in [1.807, 2.05) is 58.0 Å². The summed E-state index contributed by atoms with van der Waals surface area (Å²) < 4.78 is 32.6. The molecule has 2 aromatic heterocycles. The molecule has 4 aromatic carbocycles. The number of imidazole rings is 1. The van der Waals surface area contributed by atoms with Gasteiger partial charge in [-0.3, -0.25) is 57.6 Å². The number of aryl methyl sites for hydroxylation is 1. The number of ether oxygens (including phenoxy) is 3. The van der Waals surface area contributed by atoms with Gasteiger partial charge in [-0.1, -0.05) is 123 Å². The Balaban J connectivity index is 0.815. The molecule has 0 saturated carbocycles. The highest BCUT2D eigenvalue weighted by atomic mass is 35.5. The molecule has 8 rings (SSSR count). The number of halogens is 2. The predicted molar refractivity (Wildman–Crippen MR) is 499 cm³/mol. The van der Waals surface area contributed by atoms with Gasteiger partial charge in [0.15, 0.2) is 0 Å². The minimum absolute atomic E-state index is 0.0141. The van der Waals surface area contributed by atoms with Crippen LogP contribution in [0.25, 0.3) is 33.5 Å². The van der Waals surface area contributed by atoms with Gasteiger partial charge in [-0.15, -0.1) is 0 Å². The van der Waals surface area contributed by atoms with Crippen LogP contribution in [0, 0.1) is 42.3 Å². The maximum atomic E-state index is 15.1. The van der Waals surface area contributed by atoms with E-state index in [1.54, 1.807) is 90.9 Å². The van der Waals surface area contributed by atoms with Crippen LogP contribution in [0.2, 0.25) is 5.02 Å². The first kappa shape index (κ1) is 105.